The summed E-state index contributed by atoms with van der Waals surface area (Å²) in [6.07, 6.45) is 0.395. The lowest BCUT2D eigenvalue weighted by Crippen LogP contribution is -2.50. The smallest absolute Gasteiger partial charge is 0.414 e. The highest BCUT2D eigenvalue weighted by Gasteiger charge is 2.27. The van der Waals surface area contributed by atoms with Crippen LogP contribution in [0.5, 0.6) is 5.75 Å². The van der Waals surface area contributed by atoms with Crippen LogP contribution in [0.2, 0.25) is 0 Å². The molecule has 14 nitrogen and oxygen atoms in total. The Bertz CT molecular complexity index is 789. The molecule has 0 radical (unpaired) electrons. The third-order valence-corrected chi connectivity index (χ3v) is 3.50. The van der Waals surface area contributed by atoms with Gasteiger partial charge in [-0.05, 0) is 6.07 Å². The summed E-state index contributed by atoms with van der Waals surface area (Å²) in [6.45, 7) is 3.86. The molecule has 0 spiro atoms. The number of hydrogen-bond donors (Lipinski definition) is 0. The molecule has 14 heteroatoms. The molecule has 0 atom stereocenters. The normalized spacial score (nSPS) is 14.4. The zero-order valence-electron chi connectivity index (χ0n) is 13.8. The average Bonchev–Trinajstić information content (AvgIpc) is 2.66. The molecule has 1 aromatic rings. The van der Waals surface area contributed by atoms with Crippen LogP contribution in [0.1, 0.15) is 0 Å². The molecule has 0 unspecified atom stereocenters. The van der Waals surface area contributed by atoms with Gasteiger partial charge in [0, 0.05) is 19.2 Å². The van der Waals surface area contributed by atoms with Crippen LogP contribution in [-0.2, 0) is 4.74 Å². The number of hydrogen-bond acceptors (Lipinski definition) is 9. The molecule has 1 amide bonds. The molecular formula is C13H14N6O8. The van der Waals surface area contributed by atoms with Gasteiger partial charge in [0.2, 0.25) is 11.0 Å². The number of amides is 1. The lowest BCUT2D eigenvalue weighted by Gasteiger charge is -2.30. The second kappa shape index (κ2) is 8.41. The number of hydrazine groups is 1. The Kier molecular flexibility index (Phi) is 6.03. The molecular weight excluding hydrogens is 368 g/mol. The maximum atomic E-state index is 12.0. The summed E-state index contributed by atoms with van der Waals surface area (Å²) in [6, 6.07) is 2.65. The SMILES string of the molecule is C=COC(=O)N1CCN(/[N+]([O-])=N/Oc2ccc([N+](=O)[O-])cc2[N+](=O)[O-])CC1. The topological polar surface area (TPSA) is 167 Å². The molecule has 1 aliphatic heterocycles. The monoisotopic (exact) mass is 382 g/mol. The minimum atomic E-state index is -0.892. The number of nitrogens with zero attached hydrogens (tertiary/aromatic N) is 6. The Morgan fingerprint density at radius 1 is 1.15 bits per heavy atom. The van der Waals surface area contributed by atoms with Crippen LogP contribution in [0, 0.1) is 25.4 Å². The first-order valence-corrected chi connectivity index (χ1v) is 7.43. The zero-order valence-corrected chi connectivity index (χ0v) is 13.8. The molecule has 27 heavy (non-hydrogen) atoms. The van der Waals surface area contributed by atoms with E-state index in [1.54, 1.807) is 0 Å². The van der Waals surface area contributed by atoms with Crippen molar-refractivity contribution < 1.29 is 29.2 Å². The Hall–Kier alpha value is -3.97. The highest BCUT2D eigenvalue weighted by molar-refractivity contribution is 5.68. The van der Waals surface area contributed by atoms with Crippen LogP contribution in [0.4, 0.5) is 16.2 Å². The second-order valence-electron chi connectivity index (χ2n) is 5.08. The first-order chi connectivity index (χ1) is 12.8. The molecule has 0 bridgehead atoms. The number of non-ortho nitro benzene ring substituents is 1. The van der Waals surface area contributed by atoms with E-state index in [4.69, 9.17) is 4.84 Å². The van der Waals surface area contributed by atoms with Gasteiger partial charge in [-0.2, -0.15) is 0 Å². The molecule has 0 saturated carbocycles. The van der Waals surface area contributed by atoms with Gasteiger partial charge in [-0.1, -0.05) is 6.58 Å². The van der Waals surface area contributed by atoms with E-state index in [9.17, 15) is 30.2 Å². The largest absolute Gasteiger partial charge is 0.569 e. The van der Waals surface area contributed by atoms with Crippen molar-refractivity contribution in [2.45, 2.75) is 0 Å². The number of piperazine rings is 1. The minimum absolute atomic E-state index is 0.0846. The van der Waals surface area contributed by atoms with Crippen LogP contribution in [-0.4, -0.2) is 57.0 Å². The summed E-state index contributed by atoms with van der Waals surface area (Å²) >= 11 is 0. The molecule has 1 aliphatic rings. The summed E-state index contributed by atoms with van der Waals surface area (Å²) in [7, 11) is 0. The van der Waals surface area contributed by atoms with E-state index in [-0.39, 0.29) is 31.1 Å². The number of ether oxygens (including phenoxy) is 1. The Labute approximate surface area is 151 Å². The molecule has 2 rings (SSSR count). The third kappa shape index (κ3) is 4.77. The highest BCUT2D eigenvalue weighted by atomic mass is 16.7. The van der Waals surface area contributed by atoms with Crippen molar-refractivity contribution in [3.8, 4) is 5.75 Å². The predicted octanol–water partition coefficient (Wildman–Crippen LogP) is 1.57. The fourth-order valence-corrected chi connectivity index (χ4v) is 2.17. The Morgan fingerprint density at radius 2 is 1.81 bits per heavy atom. The summed E-state index contributed by atoms with van der Waals surface area (Å²) in [4.78, 5) is 37.7. The molecule has 1 heterocycles. The molecule has 0 N–H and O–H groups in total. The molecule has 1 aromatic carbocycles. The zero-order chi connectivity index (χ0) is 20.0. The first kappa shape index (κ1) is 19.4. The van der Waals surface area contributed by atoms with E-state index in [0.717, 1.165) is 18.4 Å². The van der Waals surface area contributed by atoms with Crippen LogP contribution in [0.15, 0.2) is 36.3 Å². The Morgan fingerprint density at radius 3 is 2.37 bits per heavy atom. The van der Waals surface area contributed by atoms with Crippen molar-refractivity contribution in [2.24, 2.45) is 5.28 Å². The van der Waals surface area contributed by atoms with E-state index in [0.29, 0.717) is 6.07 Å². The number of benzene rings is 1. The average molecular weight is 382 g/mol. The minimum Gasteiger partial charge on any atom is -0.569 e. The van der Waals surface area contributed by atoms with Gasteiger partial charge >= 0.3 is 11.8 Å². The van der Waals surface area contributed by atoms with Crippen molar-refractivity contribution in [2.75, 3.05) is 26.2 Å². The van der Waals surface area contributed by atoms with Gasteiger partial charge in [0.1, 0.15) is 0 Å². The first-order valence-electron chi connectivity index (χ1n) is 7.43. The van der Waals surface area contributed by atoms with Crippen LogP contribution >= 0.6 is 0 Å². The van der Waals surface area contributed by atoms with Gasteiger partial charge in [0.15, 0.2) is 0 Å². The lowest BCUT2D eigenvalue weighted by atomic mass is 10.2. The van der Waals surface area contributed by atoms with Gasteiger partial charge in [-0.15, -0.1) is 5.01 Å². The molecule has 0 aliphatic carbocycles. The van der Waals surface area contributed by atoms with Gasteiger partial charge in [0.25, 0.3) is 5.69 Å². The molecule has 1 fully saturated rings. The third-order valence-electron chi connectivity index (χ3n) is 3.50. The van der Waals surface area contributed by atoms with Gasteiger partial charge in [-0.3, -0.25) is 25.1 Å². The van der Waals surface area contributed by atoms with Crippen LogP contribution < -0.4 is 4.84 Å². The molecule has 144 valence electrons. The van der Waals surface area contributed by atoms with Crippen molar-refractivity contribution in [1.29, 1.82) is 0 Å². The maximum absolute atomic E-state index is 12.0. The van der Waals surface area contributed by atoms with Gasteiger partial charge in [0.05, 0.1) is 40.2 Å². The van der Waals surface area contributed by atoms with Gasteiger partial charge < -0.3 is 14.8 Å². The highest BCUT2D eigenvalue weighted by Crippen LogP contribution is 2.31. The summed E-state index contributed by atoms with van der Waals surface area (Å²) < 4.78 is 4.63. The van der Waals surface area contributed by atoms with E-state index in [1.165, 1.54) is 9.91 Å². The predicted molar refractivity (Wildman–Crippen MR) is 86.3 cm³/mol. The summed E-state index contributed by atoms with van der Waals surface area (Å²) in [5.74, 6) is -0.431. The second-order valence-corrected chi connectivity index (χ2v) is 5.08. The van der Waals surface area contributed by atoms with Crippen molar-refractivity contribution >= 4 is 17.5 Å². The number of nitro benzene ring substituents is 2. The van der Waals surface area contributed by atoms with E-state index >= 15 is 0 Å². The lowest BCUT2D eigenvalue weighted by molar-refractivity contribution is -0.708. The fraction of sp³-hybridized carbons (Fsp3) is 0.308. The molecule has 0 aromatic heterocycles. The quantitative estimate of drug-likeness (QED) is 0.233. The summed E-state index contributed by atoms with van der Waals surface area (Å²) in [5.41, 5.74) is -1.21. The number of carbonyl (C=O) groups is 1. The fourth-order valence-electron chi connectivity index (χ4n) is 2.17. The molecule has 1 saturated heterocycles. The maximum Gasteiger partial charge on any atom is 0.414 e. The number of carbonyl (C=O) groups excluding carboxylic acids is 1. The standard InChI is InChI=1S/C13H14N6O8/c1-2-26-13(20)15-5-7-16(8-6-15)19(25)14-27-12-4-3-10(17(21)22)9-11(12)18(23)24/h2-4,9H,1,5-8H2/b19-14-. The van der Waals surface area contributed by atoms with E-state index in [1.807, 2.05) is 0 Å². The van der Waals surface area contributed by atoms with Crippen molar-refractivity contribution in [3.63, 3.8) is 0 Å². The Balaban J connectivity index is 2.04. The van der Waals surface area contributed by atoms with Crippen molar-refractivity contribution in [1.82, 2.24) is 9.91 Å². The van der Waals surface area contributed by atoms with E-state index < -0.39 is 33.1 Å². The van der Waals surface area contributed by atoms with Crippen LogP contribution in [0.25, 0.3) is 0 Å². The summed E-state index contributed by atoms with van der Waals surface area (Å²) in [5, 5.41) is 38.0. The number of rotatable bonds is 6. The van der Waals surface area contributed by atoms with E-state index in [2.05, 4.69) is 16.6 Å². The van der Waals surface area contributed by atoms with Crippen LogP contribution in [0.3, 0.4) is 0 Å². The van der Waals surface area contributed by atoms with Gasteiger partial charge in [-0.25, -0.2) is 4.79 Å². The van der Waals surface area contributed by atoms with Crippen molar-refractivity contribution in [3.05, 3.63) is 56.5 Å². The number of nitro groups is 2.